The van der Waals surface area contributed by atoms with Gasteiger partial charge in [-0.25, -0.2) is 0 Å². The van der Waals surface area contributed by atoms with Crippen molar-refractivity contribution in [1.82, 2.24) is 15.6 Å². The Kier molecular flexibility index (Phi) is 12.7. The zero-order valence-corrected chi connectivity index (χ0v) is 19.8. The van der Waals surface area contributed by atoms with Crippen molar-refractivity contribution in [3.8, 4) is 5.75 Å². The molecule has 0 aliphatic rings. The number of benzene rings is 1. The third-order valence-electron chi connectivity index (χ3n) is 4.83. The smallest absolute Gasteiger partial charge is 0.472 e. The van der Waals surface area contributed by atoms with Gasteiger partial charge in [0.1, 0.15) is 5.75 Å². The van der Waals surface area contributed by atoms with Crippen molar-refractivity contribution in [2.75, 3.05) is 13.6 Å². The number of amides is 2. The zero-order chi connectivity index (χ0) is 25.5. The molecule has 0 saturated heterocycles. The monoisotopic (exact) mass is 465 g/mol. The van der Waals surface area contributed by atoms with Crippen LogP contribution in [0.5, 0.6) is 5.75 Å². The number of methoxy groups -OCH3 is 1. The van der Waals surface area contributed by atoms with E-state index in [1.807, 2.05) is 26.0 Å². The minimum Gasteiger partial charge on any atom is -0.497 e. The lowest BCUT2D eigenvalue weighted by Crippen LogP contribution is -2.38. The van der Waals surface area contributed by atoms with Crippen LogP contribution in [0.2, 0.25) is 0 Å². The molecule has 0 spiro atoms. The fraction of sp³-hybridized carbons (Fsp3) is 0.240. The first-order chi connectivity index (χ1) is 16.2. The average molecular weight is 465 g/mol. The van der Waals surface area contributed by atoms with E-state index >= 15 is 0 Å². The quantitative estimate of drug-likeness (QED) is 0.316. The van der Waals surface area contributed by atoms with Gasteiger partial charge in [-0.15, -0.1) is 0 Å². The molecule has 0 saturated carbocycles. The van der Waals surface area contributed by atoms with E-state index in [0.29, 0.717) is 16.9 Å². The Balaban J connectivity index is 0.000000620. The molecule has 9 heteroatoms. The standard InChI is InChI=1S/C17H20BN3O5.C8H12/c1-26-14-6-2-4-12(8-14)15(9-16(22)20-11-18(24)25)21-17(23)13-5-3-7-19-10-13;1-5-7(3)8(4)6-2/h2-8,10,15,24-25H,9,11H2,1H3,(H,20,22)(H,21,23);5-6H,1-2H2,3-4H3/b;8-7-. The molecule has 2 aromatic rings. The second kappa shape index (κ2) is 15.2. The van der Waals surface area contributed by atoms with E-state index in [-0.39, 0.29) is 18.8 Å². The van der Waals surface area contributed by atoms with E-state index in [0.717, 1.165) is 0 Å². The lowest BCUT2D eigenvalue weighted by molar-refractivity contribution is -0.121. The molecule has 1 atom stereocenters. The Bertz CT molecular complexity index is 977. The van der Waals surface area contributed by atoms with Crippen LogP contribution in [0.4, 0.5) is 0 Å². The molecule has 8 nitrogen and oxygen atoms in total. The average Bonchev–Trinajstić information content (AvgIpc) is 2.86. The van der Waals surface area contributed by atoms with Crippen LogP contribution < -0.4 is 15.4 Å². The van der Waals surface area contributed by atoms with Gasteiger partial charge in [-0.1, -0.05) is 37.4 Å². The van der Waals surface area contributed by atoms with Gasteiger partial charge in [0, 0.05) is 12.4 Å². The van der Waals surface area contributed by atoms with Crippen LogP contribution in [0.1, 0.15) is 42.2 Å². The van der Waals surface area contributed by atoms with E-state index in [9.17, 15) is 9.59 Å². The number of allylic oxidation sites excluding steroid dienone is 4. The van der Waals surface area contributed by atoms with Gasteiger partial charge >= 0.3 is 7.12 Å². The van der Waals surface area contributed by atoms with Gasteiger partial charge in [-0.3, -0.25) is 14.6 Å². The summed E-state index contributed by atoms with van der Waals surface area (Å²) < 4.78 is 5.19. The Labute approximate surface area is 201 Å². The molecular formula is C25H32BN3O5. The van der Waals surface area contributed by atoms with Crippen LogP contribution in [0.15, 0.2) is 85.2 Å². The summed E-state index contributed by atoms with van der Waals surface area (Å²) in [6.45, 7) is 11.3. The first-order valence-electron chi connectivity index (χ1n) is 10.6. The summed E-state index contributed by atoms with van der Waals surface area (Å²) in [4.78, 5) is 28.4. The van der Waals surface area contributed by atoms with Gasteiger partial charge in [-0.05, 0) is 54.8 Å². The van der Waals surface area contributed by atoms with Crippen LogP contribution in [0.3, 0.4) is 0 Å². The lowest BCUT2D eigenvalue weighted by Gasteiger charge is -2.19. The lowest BCUT2D eigenvalue weighted by atomic mass is 9.92. The van der Waals surface area contributed by atoms with Gasteiger partial charge in [0.15, 0.2) is 0 Å². The number of ether oxygens (including phenoxy) is 1. The fourth-order valence-electron chi connectivity index (χ4n) is 2.63. The van der Waals surface area contributed by atoms with Gasteiger partial charge in [0.05, 0.1) is 31.6 Å². The summed E-state index contributed by atoms with van der Waals surface area (Å²) in [5, 5.41) is 22.9. The molecule has 1 heterocycles. The fourth-order valence-corrected chi connectivity index (χ4v) is 2.63. The molecule has 0 aliphatic heterocycles. The van der Waals surface area contributed by atoms with Crippen molar-refractivity contribution in [1.29, 1.82) is 0 Å². The molecule has 4 N–H and O–H groups in total. The van der Waals surface area contributed by atoms with Crippen molar-refractivity contribution >= 4 is 18.9 Å². The topological polar surface area (TPSA) is 121 Å². The van der Waals surface area contributed by atoms with Gasteiger partial charge < -0.3 is 25.4 Å². The molecule has 180 valence electrons. The third-order valence-corrected chi connectivity index (χ3v) is 4.83. The molecule has 0 aliphatic carbocycles. The Morgan fingerprint density at radius 3 is 2.35 bits per heavy atom. The molecule has 1 aromatic carbocycles. The van der Waals surface area contributed by atoms with Crippen molar-refractivity contribution in [2.45, 2.75) is 26.3 Å². The number of carbonyl (C=O) groups excluding carboxylic acids is 2. The Morgan fingerprint density at radius 1 is 1.15 bits per heavy atom. The Hall–Kier alpha value is -3.69. The number of aromatic nitrogens is 1. The van der Waals surface area contributed by atoms with E-state index < -0.39 is 19.1 Å². The van der Waals surface area contributed by atoms with Crippen LogP contribution in [-0.2, 0) is 4.79 Å². The first kappa shape index (κ1) is 28.3. The number of nitrogens with zero attached hydrogens (tertiary/aromatic N) is 1. The van der Waals surface area contributed by atoms with Crippen LogP contribution in [-0.4, -0.2) is 47.5 Å². The van der Waals surface area contributed by atoms with Crippen molar-refractivity contribution in [2.24, 2.45) is 0 Å². The molecular weight excluding hydrogens is 433 g/mol. The van der Waals surface area contributed by atoms with Crippen LogP contribution in [0.25, 0.3) is 0 Å². The molecule has 0 fully saturated rings. The summed E-state index contributed by atoms with van der Waals surface area (Å²) >= 11 is 0. The summed E-state index contributed by atoms with van der Waals surface area (Å²) in [5.74, 6) is -0.215. The summed E-state index contributed by atoms with van der Waals surface area (Å²) in [6.07, 6.45) is 6.28. The molecule has 0 radical (unpaired) electrons. The predicted octanol–water partition coefficient (Wildman–Crippen LogP) is 2.77. The normalized spacial score (nSPS) is 11.6. The van der Waals surface area contributed by atoms with Gasteiger partial charge in [0.25, 0.3) is 5.91 Å². The second-order valence-corrected chi connectivity index (χ2v) is 7.31. The minimum absolute atomic E-state index is 0.0775. The molecule has 34 heavy (non-hydrogen) atoms. The maximum absolute atomic E-state index is 12.4. The molecule has 1 unspecified atom stereocenters. The van der Waals surface area contributed by atoms with Gasteiger partial charge in [0.2, 0.25) is 5.91 Å². The van der Waals surface area contributed by atoms with E-state index in [2.05, 4.69) is 28.8 Å². The third kappa shape index (κ3) is 10.3. The van der Waals surface area contributed by atoms with Crippen LogP contribution in [0, 0.1) is 0 Å². The number of hydrogen-bond acceptors (Lipinski definition) is 6. The number of carbonyl (C=O) groups is 2. The summed E-state index contributed by atoms with van der Waals surface area (Å²) in [5.41, 5.74) is 3.44. The zero-order valence-electron chi connectivity index (χ0n) is 19.8. The molecule has 2 amide bonds. The van der Waals surface area contributed by atoms with E-state index in [1.54, 1.807) is 42.6 Å². The number of nitrogens with one attached hydrogen (secondary N) is 2. The second-order valence-electron chi connectivity index (χ2n) is 7.31. The highest BCUT2D eigenvalue weighted by Crippen LogP contribution is 2.22. The minimum atomic E-state index is -1.64. The number of hydrogen-bond donors (Lipinski definition) is 4. The van der Waals surface area contributed by atoms with Crippen molar-refractivity contribution < 1.29 is 24.4 Å². The predicted molar refractivity (Wildman–Crippen MR) is 134 cm³/mol. The highest BCUT2D eigenvalue weighted by Gasteiger charge is 2.21. The summed E-state index contributed by atoms with van der Waals surface area (Å²) in [6, 6.07) is 9.64. The van der Waals surface area contributed by atoms with Crippen LogP contribution >= 0.6 is 0 Å². The van der Waals surface area contributed by atoms with Gasteiger partial charge in [-0.2, -0.15) is 0 Å². The maximum atomic E-state index is 12.4. The highest BCUT2D eigenvalue weighted by atomic mass is 16.5. The van der Waals surface area contributed by atoms with Crippen molar-refractivity contribution in [3.05, 3.63) is 96.4 Å². The van der Waals surface area contributed by atoms with E-state index in [1.165, 1.54) is 24.5 Å². The molecule has 0 bridgehead atoms. The molecule has 2 rings (SSSR count). The maximum Gasteiger partial charge on any atom is 0.472 e. The molecule has 1 aromatic heterocycles. The highest BCUT2D eigenvalue weighted by molar-refractivity contribution is 6.41. The Morgan fingerprint density at radius 2 is 1.82 bits per heavy atom. The number of pyridine rings is 1. The number of rotatable bonds is 10. The largest absolute Gasteiger partial charge is 0.497 e. The van der Waals surface area contributed by atoms with E-state index in [4.69, 9.17) is 14.8 Å². The SMILES string of the molecule is C=C/C(C)=C(/C)C=C.COc1cccc(C(CC(=O)NCB(O)O)NC(=O)c2cccnc2)c1. The summed E-state index contributed by atoms with van der Waals surface area (Å²) in [7, 11) is -0.114. The van der Waals surface area contributed by atoms with Crippen molar-refractivity contribution in [3.63, 3.8) is 0 Å². The first-order valence-corrected chi connectivity index (χ1v) is 10.6.